The van der Waals surface area contributed by atoms with Gasteiger partial charge in [0.1, 0.15) is 6.10 Å². The lowest BCUT2D eigenvalue weighted by molar-refractivity contribution is 0.0494. The van der Waals surface area contributed by atoms with Crippen molar-refractivity contribution in [2.75, 3.05) is 12.8 Å². The standard InChI is InChI=1S/C13H22N4O2/c1-8-5-9(7-13(2,3)6-8)19-12-16-10(14)15-11(17-12)18-4/h8-9H,5-7H2,1-4H3,(H2,14,15,16,17). The molecule has 6 heteroatoms. The number of aromatic nitrogens is 3. The van der Waals surface area contributed by atoms with Gasteiger partial charge in [-0.15, -0.1) is 4.98 Å². The Morgan fingerprint density at radius 1 is 1.16 bits per heavy atom. The van der Waals surface area contributed by atoms with Gasteiger partial charge in [0.05, 0.1) is 7.11 Å². The van der Waals surface area contributed by atoms with Crippen LogP contribution >= 0.6 is 0 Å². The first-order valence-corrected chi connectivity index (χ1v) is 6.60. The predicted octanol–water partition coefficient (Wildman–Crippen LogP) is 2.06. The van der Waals surface area contributed by atoms with Crippen molar-refractivity contribution in [1.82, 2.24) is 15.0 Å². The highest BCUT2D eigenvalue weighted by molar-refractivity contribution is 5.20. The zero-order valence-electron chi connectivity index (χ0n) is 12.0. The fourth-order valence-corrected chi connectivity index (χ4v) is 2.99. The van der Waals surface area contributed by atoms with Crippen LogP contribution in [0, 0.1) is 11.3 Å². The van der Waals surface area contributed by atoms with Crippen molar-refractivity contribution in [1.29, 1.82) is 0 Å². The molecule has 19 heavy (non-hydrogen) atoms. The van der Waals surface area contributed by atoms with Crippen molar-refractivity contribution >= 4 is 5.95 Å². The van der Waals surface area contributed by atoms with E-state index < -0.39 is 0 Å². The lowest BCUT2D eigenvalue weighted by Gasteiger charge is -2.38. The molecule has 1 aliphatic carbocycles. The van der Waals surface area contributed by atoms with Crippen molar-refractivity contribution < 1.29 is 9.47 Å². The summed E-state index contributed by atoms with van der Waals surface area (Å²) in [6, 6.07) is 0.435. The molecule has 0 aliphatic heterocycles. The van der Waals surface area contributed by atoms with Crippen molar-refractivity contribution in [2.45, 2.75) is 46.1 Å². The van der Waals surface area contributed by atoms with E-state index in [1.54, 1.807) is 0 Å². The second-order valence-electron chi connectivity index (χ2n) is 6.12. The minimum absolute atomic E-state index is 0.116. The number of anilines is 1. The minimum Gasteiger partial charge on any atom is -0.467 e. The molecule has 1 heterocycles. The zero-order chi connectivity index (χ0) is 14.0. The van der Waals surface area contributed by atoms with Crippen LogP contribution in [0.25, 0.3) is 0 Å². The molecule has 1 fully saturated rings. The smallest absolute Gasteiger partial charge is 0.324 e. The van der Waals surface area contributed by atoms with E-state index in [1.165, 1.54) is 13.5 Å². The Morgan fingerprint density at radius 2 is 1.84 bits per heavy atom. The molecule has 2 N–H and O–H groups in total. The lowest BCUT2D eigenvalue weighted by atomic mass is 9.71. The fraction of sp³-hybridized carbons (Fsp3) is 0.769. The van der Waals surface area contributed by atoms with E-state index in [-0.39, 0.29) is 29.5 Å². The van der Waals surface area contributed by atoms with Gasteiger partial charge in [0.25, 0.3) is 0 Å². The zero-order valence-corrected chi connectivity index (χ0v) is 12.0. The normalized spacial score (nSPS) is 25.9. The van der Waals surface area contributed by atoms with E-state index in [1.807, 2.05) is 0 Å². The molecule has 1 aromatic heterocycles. The topological polar surface area (TPSA) is 83.2 Å². The van der Waals surface area contributed by atoms with Crippen molar-refractivity contribution in [3.8, 4) is 12.0 Å². The van der Waals surface area contributed by atoms with Crippen molar-refractivity contribution in [2.24, 2.45) is 11.3 Å². The average Bonchev–Trinajstić information content (AvgIpc) is 2.24. The molecule has 0 spiro atoms. The first-order valence-electron chi connectivity index (χ1n) is 6.60. The highest BCUT2D eigenvalue weighted by Gasteiger charge is 2.33. The summed E-state index contributed by atoms with van der Waals surface area (Å²) in [5, 5.41) is 0. The summed E-state index contributed by atoms with van der Waals surface area (Å²) in [5.41, 5.74) is 5.88. The molecule has 1 aliphatic rings. The molecule has 0 saturated heterocycles. The number of nitrogens with two attached hydrogens (primary N) is 1. The van der Waals surface area contributed by atoms with Crippen LogP contribution in [-0.2, 0) is 0 Å². The number of rotatable bonds is 3. The largest absolute Gasteiger partial charge is 0.467 e. The van der Waals surface area contributed by atoms with Gasteiger partial charge in [-0.25, -0.2) is 0 Å². The Labute approximate surface area is 113 Å². The molecule has 1 aromatic rings. The van der Waals surface area contributed by atoms with E-state index in [2.05, 4.69) is 35.7 Å². The molecular weight excluding hydrogens is 244 g/mol. The van der Waals surface area contributed by atoms with Crippen LogP contribution in [0.3, 0.4) is 0 Å². The molecule has 106 valence electrons. The second kappa shape index (κ2) is 5.19. The van der Waals surface area contributed by atoms with Crippen LogP contribution in [0.4, 0.5) is 5.95 Å². The molecule has 2 unspecified atom stereocenters. The molecule has 2 atom stereocenters. The summed E-state index contributed by atoms with van der Waals surface area (Å²) in [4.78, 5) is 11.9. The van der Waals surface area contributed by atoms with Gasteiger partial charge in [0, 0.05) is 0 Å². The summed E-state index contributed by atoms with van der Waals surface area (Å²) >= 11 is 0. The highest BCUT2D eigenvalue weighted by Crippen LogP contribution is 2.39. The number of ether oxygens (including phenoxy) is 2. The maximum Gasteiger partial charge on any atom is 0.324 e. The number of hydrogen-bond donors (Lipinski definition) is 1. The SMILES string of the molecule is COc1nc(N)nc(OC2CC(C)CC(C)(C)C2)n1. The maximum absolute atomic E-state index is 5.86. The summed E-state index contributed by atoms with van der Waals surface area (Å²) in [5.74, 6) is 0.750. The third-order valence-electron chi connectivity index (χ3n) is 3.41. The van der Waals surface area contributed by atoms with Crippen LogP contribution in [0.1, 0.15) is 40.0 Å². The van der Waals surface area contributed by atoms with E-state index in [4.69, 9.17) is 15.2 Å². The van der Waals surface area contributed by atoms with Crippen molar-refractivity contribution in [3.63, 3.8) is 0 Å². The third-order valence-corrected chi connectivity index (χ3v) is 3.41. The first-order chi connectivity index (χ1) is 8.88. The fourth-order valence-electron chi connectivity index (χ4n) is 2.99. The predicted molar refractivity (Wildman–Crippen MR) is 72.0 cm³/mol. The Kier molecular flexibility index (Phi) is 3.78. The maximum atomic E-state index is 5.86. The summed E-state index contributed by atoms with van der Waals surface area (Å²) in [7, 11) is 1.49. The quantitative estimate of drug-likeness (QED) is 0.901. The molecule has 6 nitrogen and oxygen atoms in total. The van der Waals surface area contributed by atoms with E-state index in [9.17, 15) is 0 Å². The van der Waals surface area contributed by atoms with Crippen LogP contribution in [0.5, 0.6) is 12.0 Å². The summed E-state index contributed by atoms with van der Waals surface area (Å²) < 4.78 is 10.8. The second-order valence-corrected chi connectivity index (χ2v) is 6.12. The number of nitrogen functional groups attached to an aromatic ring is 1. The average molecular weight is 266 g/mol. The molecule has 0 aromatic carbocycles. The molecular formula is C13H22N4O2. The number of hydrogen-bond acceptors (Lipinski definition) is 6. The first kappa shape index (κ1) is 13.8. The number of nitrogens with zero attached hydrogens (tertiary/aromatic N) is 3. The summed E-state index contributed by atoms with van der Waals surface area (Å²) in [6.45, 7) is 6.78. The lowest BCUT2D eigenvalue weighted by Crippen LogP contribution is -2.34. The molecule has 0 amide bonds. The van der Waals surface area contributed by atoms with Crippen LogP contribution in [-0.4, -0.2) is 28.2 Å². The molecule has 1 saturated carbocycles. The van der Waals surface area contributed by atoms with Gasteiger partial charge in [-0.3, -0.25) is 0 Å². The number of methoxy groups -OCH3 is 1. The highest BCUT2D eigenvalue weighted by atomic mass is 16.5. The van der Waals surface area contributed by atoms with Gasteiger partial charge in [-0.2, -0.15) is 9.97 Å². The van der Waals surface area contributed by atoms with Crippen LogP contribution in [0.15, 0.2) is 0 Å². The van der Waals surface area contributed by atoms with Gasteiger partial charge in [-0.05, 0) is 30.6 Å². The third kappa shape index (κ3) is 3.68. The summed E-state index contributed by atoms with van der Waals surface area (Å²) in [6.07, 6.45) is 3.34. The van der Waals surface area contributed by atoms with Gasteiger partial charge in [-0.1, -0.05) is 20.8 Å². The van der Waals surface area contributed by atoms with Gasteiger partial charge in [0.15, 0.2) is 0 Å². The van der Waals surface area contributed by atoms with E-state index in [0.29, 0.717) is 5.92 Å². The van der Waals surface area contributed by atoms with Gasteiger partial charge >= 0.3 is 12.0 Å². The molecule has 0 bridgehead atoms. The monoisotopic (exact) mass is 266 g/mol. The van der Waals surface area contributed by atoms with Gasteiger partial charge < -0.3 is 15.2 Å². The van der Waals surface area contributed by atoms with Gasteiger partial charge in [0.2, 0.25) is 5.95 Å². The van der Waals surface area contributed by atoms with Crippen molar-refractivity contribution in [3.05, 3.63) is 0 Å². The Morgan fingerprint density at radius 3 is 2.47 bits per heavy atom. The molecule has 2 rings (SSSR count). The van der Waals surface area contributed by atoms with E-state index in [0.717, 1.165) is 12.8 Å². The Hall–Kier alpha value is -1.59. The Bertz CT molecular complexity index is 450. The minimum atomic E-state index is 0.116. The van der Waals surface area contributed by atoms with Crippen LogP contribution < -0.4 is 15.2 Å². The molecule has 0 radical (unpaired) electrons. The van der Waals surface area contributed by atoms with Crippen LogP contribution in [0.2, 0.25) is 0 Å². The Balaban J connectivity index is 2.10. The van der Waals surface area contributed by atoms with E-state index >= 15 is 0 Å².